The van der Waals surface area contributed by atoms with Crippen LogP contribution < -0.4 is 0 Å². The molecule has 1 fully saturated rings. The number of hydrogen-bond acceptors (Lipinski definition) is 7. The van der Waals surface area contributed by atoms with Gasteiger partial charge in [-0.25, -0.2) is 0 Å². The molecule has 33 heavy (non-hydrogen) atoms. The number of aromatic nitrogens is 3. The van der Waals surface area contributed by atoms with Crippen LogP contribution in [0.2, 0.25) is 0 Å². The van der Waals surface area contributed by atoms with Gasteiger partial charge in [0.1, 0.15) is 11.2 Å². The molecule has 2 N–H and O–H groups in total. The molecule has 0 bridgehead atoms. The Hall–Kier alpha value is -2.61. The highest BCUT2D eigenvalue weighted by Gasteiger charge is 2.55. The molecule has 0 spiro atoms. The van der Waals surface area contributed by atoms with Crippen LogP contribution in [0, 0.1) is 5.41 Å². The second-order valence-electron chi connectivity index (χ2n) is 11.2. The zero-order chi connectivity index (χ0) is 24.2. The number of benzene rings is 1. The Balaban J connectivity index is 1.81. The predicted octanol–water partition coefficient (Wildman–Crippen LogP) is 3.84. The van der Waals surface area contributed by atoms with Crippen LogP contribution in [-0.2, 0) is 16.6 Å². The van der Waals surface area contributed by atoms with Crippen molar-refractivity contribution in [2.24, 2.45) is 5.41 Å². The average molecular weight is 451 g/mol. The SMILES string of the molecule is CN1CC(C)([C@](O)(c2ccc(C(C)(C)C)cc2)c2cncc(-c3noc(C(C)(C)O)n3)c2)C1. The Kier molecular flexibility index (Phi) is 5.51. The standard InChI is InChI=1S/C26H34N4O3/c1-23(2,3)18-8-10-19(11-9-18)26(32,25(6)15-30(7)16-25)20-12-17(13-27-14-20)21-28-22(33-29-21)24(4,5)31/h8-14,31-32H,15-16H2,1-7H3/t26-/m0/s1. The Morgan fingerprint density at radius 2 is 1.55 bits per heavy atom. The third-order valence-electron chi connectivity index (χ3n) is 6.64. The smallest absolute Gasteiger partial charge is 0.258 e. The van der Waals surface area contributed by atoms with Crippen molar-refractivity contribution in [2.75, 3.05) is 20.1 Å². The molecule has 1 atom stereocenters. The van der Waals surface area contributed by atoms with E-state index in [1.807, 2.05) is 18.2 Å². The fourth-order valence-corrected chi connectivity index (χ4v) is 4.80. The van der Waals surface area contributed by atoms with Crippen molar-refractivity contribution in [1.29, 1.82) is 0 Å². The Morgan fingerprint density at radius 3 is 2.06 bits per heavy atom. The maximum absolute atomic E-state index is 12.4. The van der Waals surface area contributed by atoms with Crippen molar-refractivity contribution in [2.45, 2.75) is 58.2 Å². The first-order valence-electron chi connectivity index (χ1n) is 11.3. The fourth-order valence-electron chi connectivity index (χ4n) is 4.80. The van der Waals surface area contributed by atoms with E-state index >= 15 is 0 Å². The van der Waals surface area contributed by atoms with Crippen LogP contribution >= 0.6 is 0 Å². The Labute approximate surface area is 195 Å². The summed E-state index contributed by atoms with van der Waals surface area (Å²) >= 11 is 0. The second-order valence-corrected chi connectivity index (χ2v) is 11.2. The summed E-state index contributed by atoms with van der Waals surface area (Å²) in [5, 5.41) is 26.6. The van der Waals surface area contributed by atoms with Crippen LogP contribution in [0.4, 0.5) is 0 Å². The van der Waals surface area contributed by atoms with Gasteiger partial charge < -0.3 is 19.6 Å². The third kappa shape index (κ3) is 4.09. The minimum atomic E-state index is -1.26. The molecule has 1 aliphatic heterocycles. The summed E-state index contributed by atoms with van der Waals surface area (Å²) in [6.07, 6.45) is 3.35. The van der Waals surface area contributed by atoms with E-state index in [4.69, 9.17) is 4.52 Å². The van der Waals surface area contributed by atoms with Gasteiger partial charge in [0.15, 0.2) is 0 Å². The van der Waals surface area contributed by atoms with E-state index in [9.17, 15) is 10.2 Å². The van der Waals surface area contributed by atoms with E-state index in [-0.39, 0.29) is 11.3 Å². The minimum absolute atomic E-state index is 0.0233. The van der Waals surface area contributed by atoms with Crippen LogP contribution in [-0.4, -0.2) is 50.4 Å². The molecule has 0 unspecified atom stereocenters. The van der Waals surface area contributed by atoms with E-state index < -0.39 is 16.6 Å². The van der Waals surface area contributed by atoms with Gasteiger partial charge in [-0.05, 0) is 43.5 Å². The van der Waals surface area contributed by atoms with E-state index in [1.54, 1.807) is 26.2 Å². The topological polar surface area (TPSA) is 95.5 Å². The lowest BCUT2D eigenvalue weighted by molar-refractivity contribution is -0.127. The maximum Gasteiger partial charge on any atom is 0.258 e. The first-order valence-corrected chi connectivity index (χ1v) is 11.3. The summed E-state index contributed by atoms with van der Waals surface area (Å²) < 4.78 is 5.24. The van der Waals surface area contributed by atoms with Crippen LogP contribution in [0.15, 0.2) is 47.2 Å². The molecule has 7 nitrogen and oxygen atoms in total. The molecule has 1 aromatic carbocycles. The van der Waals surface area contributed by atoms with E-state index in [0.717, 1.165) is 18.7 Å². The Morgan fingerprint density at radius 1 is 0.939 bits per heavy atom. The highest BCUT2D eigenvalue weighted by atomic mass is 16.5. The molecule has 0 saturated carbocycles. The molecule has 3 heterocycles. The van der Waals surface area contributed by atoms with Gasteiger partial charge in [-0.1, -0.05) is 57.1 Å². The zero-order valence-corrected chi connectivity index (χ0v) is 20.5. The third-order valence-corrected chi connectivity index (χ3v) is 6.64. The highest BCUT2D eigenvalue weighted by molar-refractivity contribution is 5.56. The second kappa shape index (κ2) is 7.72. The number of nitrogens with zero attached hydrogens (tertiary/aromatic N) is 4. The van der Waals surface area contributed by atoms with Gasteiger partial charge in [0.25, 0.3) is 5.89 Å². The number of hydrogen-bond donors (Lipinski definition) is 2. The van der Waals surface area contributed by atoms with Crippen molar-refractivity contribution < 1.29 is 14.7 Å². The summed E-state index contributed by atoms with van der Waals surface area (Å²) in [5.74, 6) is 0.450. The van der Waals surface area contributed by atoms with Gasteiger partial charge >= 0.3 is 0 Å². The van der Waals surface area contributed by atoms with Crippen LogP contribution in [0.1, 0.15) is 64.1 Å². The fraction of sp³-hybridized carbons (Fsp3) is 0.500. The first-order chi connectivity index (χ1) is 15.2. The molecule has 7 heteroatoms. The molecule has 1 saturated heterocycles. The molecule has 0 radical (unpaired) electrons. The maximum atomic E-state index is 12.4. The van der Waals surface area contributed by atoms with Crippen molar-refractivity contribution >= 4 is 0 Å². The normalized spacial score (nSPS) is 18.6. The van der Waals surface area contributed by atoms with Gasteiger partial charge in [-0.15, -0.1) is 0 Å². The highest BCUT2D eigenvalue weighted by Crippen LogP contribution is 2.50. The van der Waals surface area contributed by atoms with Gasteiger partial charge in [0.05, 0.1) is 0 Å². The van der Waals surface area contributed by atoms with Gasteiger partial charge in [0.2, 0.25) is 5.82 Å². The van der Waals surface area contributed by atoms with Gasteiger partial charge in [-0.3, -0.25) is 4.98 Å². The van der Waals surface area contributed by atoms with E-state index in [2.05, 4.69) is 66.9 Å². The number of aliphatic hydroxyl groups is 2. The monoisotopic (exact) mass is 450 g/mol. The quantitative estimate of drug-likeness (QED) is 0.610. The van der Waals surface area contributed by atoms with Crippen molar-refractivity contribution in [3.63, 3.8) is 0 Å². The lowest BCUT2D eigenvalue weighted by Crippen LogP contribution is -2.63. The Bertz CT molecular complexity index is 1140. The molecule has 3 aromatic rings. The largest absolute Gasteiger partial charge is 0.381 e. The predicted molar refractivity (Wildman–Crippen MR) is 127 cm³/mol. The van der Waals surface area contributed by atoms with Gasteiger partial charge in [-0.2, -0.15) is 4.98 Å². The minimum Gasteiger partial charge on any atom is -0.381 e. The van der Waals surface area contributed by atoms with Gasteiger partial charge in [0, 0.05) is 42.0 Å². The van der Waals surface area contributed by atoms with Crippen molar-refractivity contribution in [3.05, 3.63) is 65.3 Å². The number of pyridine rings is 1. The average Bonchev–Trinajstić information content (AvgIpc) is 3.22. The summed E-state index contributed by atoms with van der Waals surface area (Å²) in [6.45, 7) is 13.3. The number of rotatable bonds is 5. The van der Waals surface area contributed by atoms with Crippen LogP contribution in [0.25, 0.3) is 11.4 Å². The molecule has 4 rings (SSSR count). The molecule has 0 amide bonds. The van der Waals surface area contributed by atoms with Crippen molar-refractivity contribution in [3.8, 4) is 11.4 Å². The van der Waals surface area contributed by atoms with Crippen LogP contribution in [0.3, 0.4) is 0 Å². The van der Waals surface area contributed by atoms with Crippen molar-refractivity contribution in [1.82, 2.24) is 20.0 Å². The summed E-state index contributed by atoms with van der Waals surface area (Å²) in [5.41, 5.74) is 0.451. The first kappa shape index (κ1) is 23.5. The summed E-state index contributed by atoms with van der Waals surface area (Å²) in [4.78, 5) is 10.9. The summed E-state index contributed by atoms with van der Waals surface area (Å²) in [7, 11) is 2.05. The molecule has 1 aliphatic rings. The molecule has 2 aromatic heterocycles. The molecule has 176 valence electrons. The molecular formula is C26H34N4O3. The van der Waals surface area contributed by atoms with E-state index in [0.29, 0.717) is 17.0 Å². The van der Waals surface area contributed by atoms with E-state index in [1.165, 1.54) is 5.56 Å². The lowest BCUT2D eigenvalue weighted by Gasteiger charge is -2.55. The molecular weight excluding hydrogens is 416 g/mol. The lowest BCUT2D eigenvalue weighted by atomic mass is 9.62. The number of likely N-dealkylation sites (tertiary alicyclic amines) is 1. The summed E-state index contributed by atoms with van der Waals surface area (Å²) in [6, 6.07) is 10.1. The zero-order valence-electron chi connectivity index (χ0n) is 20.5. The molecule has 0 aliphatic carbocycles. The van der Waals surface area contributed by atoms with Crippen LogP contribution in [0.5, 0.6) is 0 Å².